The first-order valence-corrected chi connectivity index (χ1v) is 10.6. The van der Waals surface area contributed by atoms with Crippen LogP contribution in [0.1, 0.15) is 43.2 Å². The fourth-order valence-corrected chi connectivity index (χ4v) is 5.52. The Morgan fingerprint density at radius 3 is 2.77 bits per heavy atom. The van der Waals surface area contributed by atoms with E-state index < -0.39 is 0 Å². The van der Waals surface area contributed by atoms with E-state index in [1.54, 1.807) is 10.9 Å². The molecule has 30 heavy (non-hydrogen) atoms. The van der Waals surface area contributed by atoms with E-state index in [-0.39, 0.29) is 28.6 Å². The molecule has 2 heterocycles. The number of pyridine rings is 1. The molecule has 3 saturated carbocycles. The SMILES string of the molecule is CC1C(C(=O)Nc2cc3cc([C@]4(C#N)CC45CC5)ccc3cn2)C1c1cnn(C)c1. The quantitative estimate of drug-likeness (QED) is 0.724. The van der Waals surface area contributed by atoms with E-state index in [9.17, 15) is 10.1 Å². The summed E-state index contributed by atoms with van der Waals surface area (Å²) >= 11 is 0. The number of benzene rings is 1. The second-order valence-electron chi connectivity index (χ2n) is 9.45. The van der Waals surface area contributed by atoms with Gasteiger partial charge in [-0.2, -0.15) is 10.4 Å². The predicted octanol–water partition coefficient (Wildman–Crippen LogP) is 3.90. The van der Waals surface area contributed by atoms with Crippen molar-refractivity contribution >= 4 is 22.5 Å². The zero-order chi connectivity index (χ0) is 20.7. The highest BCUT2D eigenvalue weighted by Gasteiger charge is 2.75. The first-order valence-electron chi connectivity index (χ1n) is 10.6. The van der Waals surface area contributed by atoms with Gasteiger partial charge in [0, 0.05) is 36.7 Å². The Morgan fingerprint density at radius 2 is 2.10 bits per heavy atom. The lowest BCUT2D eigenvalue weighted by atomic mass is 9.92. The first kappa shape index (κ1) is 17.6. The minimum Gasteiger partial charge on any atom is -0.310 e. The second kappa shape index (κ2) is 5.69. The molecule has 1 spiro atoms. The molecule has 4 atom stereocenters. The lowest BCUT2D eigenvalue weighted by Gasteiger charge is -2.11. The number of aromatic nitrogens is 3. The number of amides is 1. The van der Waals surface area contributed by atoms with Crippen molar-refractivity contribution in [1.29, 1.82) is 5.26 Å². The molecule has 1 amide bonds. The molecule has 1 N–H and O–H groups in total. The molecule has 6 heteroatoms. The largest absolute Gasteiger partial charge is 0.310 e. The van der Waals surface area contributed by atoms with Crippen molar-refractivity contribution in [2.24, 2.45) is 24.3 Å². The third-order valence-electron chi connectivity index (χ3n) is 7.69. The third kappa shape index (κ3) is 2.38. The number of nitrogens with one attached hydrogen (secondary N) is 1. The zero-order valence-electron chi connectivity index (χ0n) is 17.1. The average Bonchev–Trinajstić information content (AvgIpc) is 3.69. The van der Waals surface area contributed by atoms with Gasteiger partial charge in [-0.3, -0.25) is 9.48 Å². The van der Waals surface area contributed by atoms with Crippen LogP contribution in [0.5, 0.6) is 0 Å². The third-order valence-corrected chi connectivity index (χ3v) is 7.69. The highest BCUT2D eigenvalue weighted by molar-refractivity contribution is 5.96. The molecule has 3 aliphatic rings. The zero-order valence-corrected chi connectivity index (χ0v) is 17.1. The van der Waals surface area contributed by atoms with Crippen LogP contribution in [0.25, 0.3) is 10.8 Å². The van der Waals surface area contributed by atoms with Crippen LogP contribution < -0.4 is 5.32 Å². The van der Waals surface area contributed by atoms with Crippen molar-refractivity contribution in [2.75, 3.05) is 5.32 Å². The Morgan fingerprint density at radius 1 is 1.27 bits per heavy atom. The average molecular weight is 397 g/mol. The summed E-state index contributed by atoms with van der Waals surface area (Å²) in [5.41, 5.74) is 2.14. The van der Waals surface area contributed by atoms with Crippen LogP contribution in [0.15, 0.2) is 42.9 Å². The molecule has 0 radical (unpaired) electrons. The van der Waals surface area contributed by atoms with E-state index >= 15 is 0 Å². The second-order valence-corrected chi connectivity index (χ2v) is 9.45. The van der Waals surface area contributed by atoms with Gasteiger partial charge in [-0.1, -0.05) is 19.1 Å². The summed E-state index contributed by atoms with van der Waals surface area (Å²) in [5.74, 6) is 1.02. The molecule has 0 saturated heterocycles. The maximum atomic E-state index is 12.9. The normalized spacial score (nSPS) is 30.1. The van der Waals surface area contributed by atoms with Gasteiger partial charge in [0.1, 0.15) is 5.82 Å². The van der Waals surface area contributed by atoms with Crippen LogP contribution in [0, 0.1) is 28.6 Å². The van der Waals surface area contributed by atoms with Gasteiger partial charge in [-0.05, 0) is 59.2 Å². The Hall–Kier alpha value is -3.20. The van der Waals surface area contributed by atoms with Gasteiger partial charge >= 0.3 is 0 Å². The van der Waals surface area contributed by atoms with Crippen molar-refractivity contribution in [3.05, 3.63) is 54.0 Å². The number of carbonyl (C=O) groups excluding carboxylic acids is 1. The Labute approximate surface area is 174 Å². The molecule has 3 aromatic rings. The number of nitrogens with zero attached hydrogens (tertiary/aromatic N) is 4. The van der Waals surface area contributed by atoms with Gasteiger partial charge in [-0.15, -0.1) is 0 Å². The van der Waals surface area contributed by atoms with Crippen LogP contribution in [0.3, 0.4) is 0 Å². The molecule has 1 aromatic carbocycles. The standard InChI is InChI=1S/C24H23N5O/c1-14-20(17-10-27-29(2)11-17)21(14)22(30)28-19-8-16-7-18(4-3-15(16)9-26-19)24(13-25)12-23(24)5-6-23/h3-4,7-11,14,20-21H,5-6,12H2,1-2H3,(H,26,28,30)/t14?,20?,21?,24-/m1/s1. The number of aryl methyl sites for hydroxylation is 1. The van der Waals surface area contributed by atoms with Crippen molar-refractivity contribution < 1.29 is 4.79 Å². The molecule has 150 valence electrons. The number of rotatable bonds is 4. The highest BCUT2D eigenvalue weighted by Crippen LogP contribution is 2.78. The number of hydrogen-bond acceptors (Lipinski definition) is 4. The Kier molecular flexibility index (Phi) is 3.35. The van der Waals surface area contributed by atoms with E-state index in [1.165, 1.54) is 0 Å². The Bertz CT molecular complexity index is 1250. The fourth-order valence-electron chi connectivity index (χ4n) is 5.52. The summed E-state index contributed by atoms with van der Waals surface area (Å²) < 4.78 is 1.78. The molecule has 6 rings (SSSR count). The molecular formula is C24H23N5O. The molecule has 2 aromatic heterocycles. The summed E-state index contributed by atoms with van der Waals surface area (Å²) in [7, 11) is 1.89. The van der Waals surface area contributed by atoms with Crippen molar-refractivity contribution in [3.8, 4) is 6.07 Å². The van der Waals surface area contributed by atoms with Crippen molar-refractivity contribution in [2.45, 2.75) is 37.5 Å². The van der Waals surface area contributed by atoms with E-state index in [2.05, 4.69) is 40.5 Å². The molecule has 0 bridgehead atoms. The fraction of sp³-hybridized carbons (Fsp3) is 0.417. The number of anilines is 1. The van der Waals surface area contributed by atoms with E-state index in [4.69, 9.17) is 0 Å². The number of fused-ring (bicyclic) bond motifs is 1. The summed E-state index contributed by atoms with van der Waals surface area (Å²) in [6.07, 6.45) is 8.93. The predicted molar refractivity (Wildman–Crippen MR) is 113 cm³/mol. The van der Waals surface area contributed by atoms with Gasteiger partial charge in [0.25, 0.3) is 0 Å². The maximum absolute atomic E-state index is 12.9. The smallest absolute Gasteiger partial charge is 0.229 e. The number of carbonyl (C=O) groups is 1. The lowest BCUT2D eigenvalue weighted by molar-refractivity contribution is -0.117. The lowest BCUT2D eigenvalue weighted by Crippen LogP contribution is -2.16. The van der Waals surface area contributed by atoms with Gasteiger partial charge < -0.3 is 5.32 Å². The maximum Gasteiger partial charge on any atom is 0.229 e. The van der Waals surface area contributed by atoms with Gasteiger partial charge in [0.2, 0.25) is 5.91 Å². The monoisotopic (exact) mass is 397 g/mol. The molecule has 6 nitrogen and oxygen atoms in total. The topological polar surface area (TPSA) is 83.6 Å². The van der Waals surface area contributed by atoms with Gasteiger partial charge in [-0.25, -0.2) is 4.98 Å². The highest BCUT2D eigenvalue weighted by atomic mass is 16.2. The summed E-state index contributed by atoms with van der Waals surface area (Å²) in [4.78, 5) is 17.3. The summed E-state index contributed by atoms with van der Waals surface area (Å²) in [6, 6.07) is 10.7. The minimum atomic E-state index is -0.311. The van der Waals surface area contributed by atoms with Crippen LogP contribution in [0.2, 0.25) is 0 Å². The molecular weight excluding hydrogens is 374 g/mol. The van der Waals surface area contributed by atoms with E-state index in [1.807, 2.05) is 31.6 Å². The van der Waals surface area contributed by atoms with E-state index in [0.717, 1.165) is 41.2 Å². The molecule has 3 fully saturated rings. The summed E-state index contributed by atoms with van der Waals surface area (Å²) in [6.45, 7) is 2.10. The summed E-state index contributed by atoms with van der Waals surface area (Å²) in [5, 5.41) is 19.1. The van der Waals surface area contributed by atoms with E-state index in [0.29, 0.717) is 11.7 Å². The van der Waals surface area contributed by atoms with Crippen LogP contribution in [-0.2, 0) is 17.3 Å². The van der Waals surface area contributed by atoms with Gasteiger partial charge in [0.05, 0.1) is 17.7 Å². The van der Waals surface area contributed by atoms with Crippen LogP contribution >= 0.6 is 0 Å². The molecule has 0 aliphatic heterocycles. The molecule has 3 aliphatic carbocycles. The minimum absolute atomic E-state index is 0.00646. The molecule has 3 unspecified atom stereocenters. The van der Waals surface area contributed by atoms with Gasteiger partial charge in [0.15, 0.2) is 0 Å². The van der Waals surface area contributed by atoms with Crippen molar-refractivity contribution in [3.63, 3.8) is 0 Å². The first-order chi connectivity index (χ1) is 14.5. The van der Waals surface area contributed by atoms with Crippen LogP contribution in [0.4, 0.5) is 5.82 Å². The van der Waals surface area contributed by atoms with Crippen molar-refractivity contribution in [1.82, 2.24) is 14.8 Å². The number of nitriles is 1. The van der Waals surface area contributed by atoms with Crippen LogP contribution in [-0.4, -0.2) is 20.7 Å². The Balaban J connectivity index is 1.24. The number of hydrogen-bond donors (Lipinski definition) is 1.